The van der Waals surface area contributed by atoms with Crippen molar-refractivity contribution in [3.05, 3.63) is 40.4 Å². The number of ketones is 1. The largest absolute Gasteiger partial charge is 0.492 e. The zero-order chi connectivity index (χ0) is 16.7. The van der Waals surface area contributed by atoms with E-state index in [2.05, 4.69) is 15.0 Å². The van der Waals surface area contributed by atoms with E-state index in [0.717, 1.165) is 5.56 Å². The number of carbonyl (C=O) groups excluding carboxylic acids is 1. The minimum atomic E-state index is -0.669. The maximum absolute atomic E-state index is 14.6. The van der Waals surface area contributed by atoms with Crippen LogP contribution in [0.1, 0.15) is 23.0 Å². The monoisotopic (exact) mass is 333 g/mol. The Labute approximate surface area is 136 Å². The van der Waals surface area contributed by atoms with Crippen molar-refractivity contribution in [1.82, 2.24) is 15.0 Å². The minimum absolute atomic E-state index is 0.0834. The number of nitrogens with zero attached hydrogens (tertiary/aromatic N) is 2. The van der Waals surface area contributed by atoms with E-state index in [0.29, 0.717) is 11.0 Å². The average Bonchev–Trinajstić information content (AvgIpc) is 2.88. The number of fused-ring (bicyclic) bond motifs is 1. The van der Waals surface area contributed by atoms with Crippen molar-refractivity contribution in [2.75, 3.05) is 7.11 Å². The fourth-order valence-electron chi connectivity index (χ4n) is 2.46. The smallest absolute Gasteiger partial charge is 0.178 e. The number of aryl methyl sites for hydroxylation is 1. The van der Waals surface area contributed by atoms with Gasteiger partial charge in [-0.1, -0.05) is 11.6 Å². The summed E-state index contributed by atoms with van der Waals surface area (Å²) in [6.07, 6.45) is 1.73. The SMILES string of the molecule is COc1c(Cl)ccc(-c2nc(C(C)=O)c3c(C)c[nH]c3n2)c1F. The molecule has 0 saturated carbocycles. The predicted octanol–water partition coefficient (Wildman–Crippen LogP) is 3.94. The summed E-state index contributed by atoms with van der Waals surface area (Å²) < 4.78 is 19.5. The summed E-state index contributed by atoms with van der Waals surface area (Å²) in [5.74, 6) is -0.878. The van der Waals surface area contributed by atoms with Crippen molar-refractivity contribution in [3.63, 3.8) is 0 Å². The zero-order valence-corrected chi connectivity index (χ0v) is 13.5. The molecule has 0 unspecified atom stereocenters. The summed E-state index contributed by atoms with van der Waals surface area (Å²) in [6, 6.07) is 2.96. The first-order valence-corrected chi connectivity index (χ1v) is 7.20. The number of aromatic nitrogens is 3. The van der Waals surface area contributed by atoms with Gasteiger partial charge in [0.05, 0.1) is 23.1 Å². The van der Waals surface area contributed by atoms with Crippen LogP contribution in [0.2, 0.25) is 5.02 Å². The van der Waals surface area contributed by atoms with E-state index in [4.69, 9.17) is 16.3 Å². The third-order valence-electron chi connectivity index (χ3n) is 3.56. The number of Topliss-reactive ketones (excluding diaryl/α,β-unsaturated/α-hetero) is 1. The van der Waals surface area contributed by atoms with E-state index in [9.17, 15) is 9.18 Å². The van der Waals surface area contributed by atoms with Gasteiger partial charge in [0.1, 0.15) is 11.3 Å². The number of rotatable bonds is 3. The maximum Gasteiger partial charge on any atom is 0.178 e. The van der Waals surface area contributed by atoms with Crippen LogP contribution >= 0.6 is 11.6 Å². The molecule has 0 atom stereocenters. The fraction of sp³-hybridized carbons (Fsp3) is 0.188. The number of benzene rings is 1. The number of ether oxygens (including phenoxy) is 1. The lowest BCUT2D eigenvalue weighted by Crippen LogP contribution is -2.04. The third kappa shape index (κ3) is 2.45. The van der Waals surface area contributed by atoms with Gasteiger partial charge < -0.3 is 9.72 Å². The van der Waals surface area contributed by atoms with Gasteiger partial charge in [-0.05, 0) is 24.6 Å². The Bertz CT molecular complexity index is 937. The van der Waals surface area contributed by atoms with Gasteiger partial charge in [0.2, 0.25) is 0 Å². The second-order valence-corrected chi connectivity index (χ2v) is 5.50. The molecular weight excluding hydrogens is 321 g/mol. The number of nitrogens with one attached hydrogen (secondary N) is 1. The molecule has 0 saturated heterocycles. The third-order valence-corrected chi connectivity index (χ3v) is 3.85. The van der Waals surface area contributed by atoms with Crippen molar-refractivity contribution >= 4 is 28.4 Å². The first kappa shape index (κ1) is 15.4. The Morgan fingerprint density at radius 2 is 2.09 bits per heavy atom. The lowest BCUT2D eigenvalue weighted by Gasteiger charge is -2.09. The van der Waals surface area contributed by atoms with Crippen molar-refractivity contribution in [3.8, 4) is 17.1 Å². The molecule has 1 N–H and O–H groups in total. The quantitative estimate of drug-likeness (QED) is 0.737. The summed E-state index contributed by atoms with van der Waals surface area (Å²) in [6.45, 7) is 3.26. The molecule has 0 aliphatic heterocycles. The van der Waals surface area contributed by atoms with E-state index in [1.807, 2.05) is 6.92 Å². The molecule has 0 bridgehead atoms. The lowest BCUT2D eigenvalue weighted by atomic mass is 10.1. The normalized spacial score (nSPS) is 11.0. The number of hydrogen-bond donors (Lipinski definition) is 1. The topological polar surface area (TPSA) is 67.9 Å². The van der Waals surface area contributed by atoms with Gasteiger partial charge in [-0.25, -0.2) is 14.4 Å². The fourth-order valence-corrected chi connectivity index (χ4v) is 2.68. The van der Waals surface area contributed by atoms with Crippen molar-refractivity contribution in [1.29, 1.82) is 0 Å². The van der Waals surface area contributed by atoms with Crippen molar-refractivity contribution < 1.29 is 13.9 Å². The van der Waals surface area contributed by atoms with Gasteiger partial charge >= 0.3 is 0 Å². The number of H-pyrrole nitrogens is 1. The molecule has 3 rings (SSSR count). The van der Waals surface area contributed by atoms with Gasteiger partial charge in [0.25, 0.3) is 0 Å². The molecule has 0 amide bonds. The second-order valence-electron chi connectivity index (χ2n) is 5.09. The molecule has 118 valence electrons. The summed E-state index contributed by atoms with van der Waals surface area (Å²) in [5.41, 5.74) is 1.69. The van der Waals surface area contributed by atoms with E-state index in [1.165, 1.54) is 26.2 Å². The molecule has 0 radical (unpaired) electrons. The lowest BCUT2D eigenvalue weighted by molar-refractivity contribution is 0.101. The predicted molar refractivity (Wildman–Crippen MR) is 85.6 cm³/mol. The van der Waals surface area contributed by atoms with Gasteiger partial charge in [0, 0.05) is 13.1 Å². The van der Waals surface area contributed by atoms with Crippen LogP contribution in [0.5, 0.6) is 5.75 Å². The van der Waals surface area contributed by atoms with Gasteiger partial charge in [-0.15, -0.1) is 0 Å². The number of methoxy groups -OCH3 is 1. The second kappa shape index (κ2) is 5.62. The molecule has 5 nitrogen and oxygen atoms in total. The first-order valence-electron chi connectivity index (χ1n) is 6.83. The molecule has 0 spiro atoms. The summed E-state index contributed by atoms with van der Waals surface area (Å²) >= 11 is 5.90. The summed E-state index contributed by atoms with van der Waals surface area (Å²) in [5, 5.41) is 0.792. The van der Waals surface area contributed by atoms with Crippen LogP contribution in [-0.4, -0.2) is 27.8 Å². The molecular formula is C16H13ClFN3O2. The van der Waals surface area contributed by atoms with E-state index in [1.54, 1.807) is 6.20 Å². The van der Waals surface area contributed by atoms with E-state index < -0.39 is 5.82 Å². The van der Waals surface area contributed by atoms with Gasteiger partial charge in [-0.2, -0.15) is 0 Å². The van der Waals surface area contributed by atoms with Crippen LogP contribution in [0.3, 0.4) is 0 Å². The molecule has 0 aliphatic carbocycles. The molecule has 0 fully saturated rings. The standard InChI is InChI=1S/C16H13ClFN3O2/c1-7-6-19-16-11(7)13(8(2)22)20-15(21-16)9-4-5-10(17)14(23-3)12(9)18/h4-6H,1-3H3,(H,19,20,21). The summed E-state index contributed by atoms with van der Waals surface area (Å²) in [4.78, 5) is 23.4. The van der Waals surface area contributed by atoms with Crippen LogP contribution in [-0.2, 0) is 0 Å². The number of halogens is 2. The van der Waals surface area contributed by atoms with E-state index >= 15 is 0 Å². The zero-order valence-electron chi connectivity index (χ0n) is 12.7. The molecule has 23 heavy (non-hydrogen) atoms. The van der Waals surface area contributed by atoms with Crippen LogP contribution in [0.4, 0.5) is 4.39 Å². The Balaban J connectivity index is 2.32. The number of carbonyl (C=O) groups is 1. The first-order chi connectivity index (χ1) is 10.9. The molecule has 0 aliphatic rings. The van der Waals surface area contributed by atoms with Gasteiger partial charge in [-0.3, -0.25) is 4.79 Å². The van der Waals surface area contributed by atoms with Crippen molar-refractivity contribution in [2.45, 2.75) is 13.8 Å². The Kier molecular flexibility index (Phi) is 3.77. The Morgan fingerprint density at radius 3 is 2.74 bits per heavy atom. The highest BCUT2D eigenvalue weighted by atomic mass is 35.5. The highest BCUT2D eigenvalue weighted by Crippen LogP contribution is 2.34. The highest BCUT2D eigenvalue weighted by Gasteiger charge is 2.20. The van der Waals surface area contributed by atoms with Crippen LogP contribution in [0.15, 0.2) is 18.3 Å². The van der Waals surface area contributed by atoms with Crippen molar-refractivity contribution in [2.24, 2.45) is 0 Å². The number of aromatic amines is 1. The Hall–Kier alpha value is -2.47. The number of hydrogen-bond acceptors (Lipinski definition) is 4. The van der Waals surface area contributed by atoms with Crippen LogP contribution in [0, 0.1) is 12.7 Å². The molecule has 3 aromatic rings. The minimum Gasteiger partial charge on any atom is -0.492 e. The molecule has 1 aromatic carbocycles. The molecule has 2 aromatic heterocycles. The maximum atomic E-state index is 14.6. The van der Waals surface area contributed by atoms with Crippen LogP contribution in [0.25, 0.3) is 22.4 Å². The molecule has 7 heteroatoms. The Morgan fingerprint density at radius 1 is 1.35 bits per heavy atom. The average molecular weight is 334 g/mol. The molecule has 2 heterocycles. The van der Waals surface area contributed by atoms with Gasteiger partial charge in [0.15, 0.2) is 23.2 Å². The highest BCUT2D eigenvalue weighted by molar-refractivity contribution is 6.32. The van der Waals surface area contributed by atoms with E-state index in [-0.39, 0.29) is 33.6 Å². The summed E-state index contributed by atoms with van der Waals surface area (Å²) in [7, 11) is 1.33. The van der Waals surface area contributed by atoms with Crippen LogP contribution < -0.4 is 4.74 Å².